The van der Waals surface area contributed by atoms with Crippen molar-refractivity contribution in [2.75, 3.05) is 18.5 Å². The monoisotopic (exact) mass is 437 g/mol. The lowest BCUT2D eigenvalue weighted by atomic mass is 10.0. The normalized spacial score (nSPS) is 10.7. The molecule has 0 saturated carbocycles. The van der Waals surface area contributed by atoms with Crippen molar-refractivity contribution >= 4 is 28.2 Å². The summed E-state index contributed by atoms with van der Waals surface area (Å²) in [6.45, 7) is 8.00. The first-order chi connectivity index (χ1) is 14.9. The van der Waals surface area contributed by atoms with Gasteiger partial charge in [-0.25, -0.2) is 4.79 Å². The molecule has 5 nitrogen and oxygen atoms in total. The van der Waals surface area contributed by atoms with E-state index in [2.05, 4.69) is 19.2 Å². The SMILES string of the molecule is CCOC(=O)c1c(NC(=O)COc2cccc(C(C)C)c2)sc(C)c1-c1ccccc1. The lowest BCUT2D eigenvalue weighted by Gasteiger charge is -2.11. The summed E-state index contributed by atoms with van der Waals surface area (Å²) in [5.41, 5.74) is 3.21. The first-order valence-electron chi connectivity index (χ1n) is 10.3. The van der Waals surface area contributed by atoms with Gasteiger partial charge < -0.3 is 14.8 Å². The third-order valence-electron chi connectivity index (χ3n) is 4.77. The van der Waals surface area contributed by atoms with Gasteiger partial charge in [-0.1, -0.05) is 56.3 Å². The predicted octanol–water partition coefficient (Wildman–Crippen LogP) is 6.04. The number of ether oxygens (including phenoxy) is 2. The molecule has 0 saturated heterocycles. The van der Waals surface area contributed by atoms with Crippen molar-refractivity contribution in [2.24, 2.45) is 0 Å². The summed E-state index contributed by atoms with van der Waals surface area (Å²) in [4.78, 5) is 26.3. The number of hydrogen-bond acceptors (Lipinski definition) is 5. The van der Waals surface area contributed by atoms with Gasteiger partial charge in [0.15, 0.2) is 6.61 Å². The molecule has 0 aliphatic heterocycles. The molecule has 1 N–H and O–H groups in total. The number of carbonyl (C=O) groups excluding carboxylic acids is 2. The fourth-order valence-electron chi connectivity index (χ4n) is 3.26. The Kier molecular flexibility index (Phi) is 7.47. The van der Waals surface area contributed by atoms with Gasteiger partial charge in [0, 0.05) is 10.4 Å². The van der Waals surface area contributed by atoms with Crippen LogP contribution in [-0.4, -0.2) is 25.1 Å². The van der Waals surface area contributed by atoms with Crippen LogP contribution in [0.3, 0.4) is 0 Å². The second-order valence-corrected chi connectivity index (χ2v) is 8.61. The zero-order valence-corrected chi connectivity index (χ0v) is 19.0. The number of benzene rings is 2. The predicted molar refractivity (Wildman–Crippen MR) is 125 cm³/mol. The van der Waals surface area contributed by atoms with E-state index in [1.807, 2.05) is 61.5 Å². The molecule has 0 spiro atoms. The van der Waals surface area contributed by atoms with Crippen molar-refractivity contribution in [1.29, 1.82) is 0 Å². The maximum absolute atomic E-state index is 12.7. The van der Waals surface area contributed by atoms with Crippen molar-refractivity contribution in [1.82, 2.24) is 0 Å². The number of carbonyl (C=O) groups is 2. The minimum Gasteiger partial charge on any atom is -0.484 e. The molecule has 3 rings (SSSR count). The van der Waals surface area contributed by atoms with Crippen LogP contribution in [0.15, 0.2) is 54.6 Å². The third kappa shape index (κ3) is 5.52. The standard InChI is InChI=1S/C25H27NO4S/c1-5-29-25(28)23-22(18-10-7-6-8-11-18)17(4)31-24(23)26-21(27)15-30-20-13-9-12-19(14-20)16(2)3/h6-14,16H,5,15H2,1-4H3,(H,26,27). The highest BCUT2D eigenvalue weighted by Crippen LogP contribution is 2.40. The first kappa shape index (κ1) is 22.6. The van der Waals surface area contributed by atoms with Crippen LogP contribution < -0.4 is 10.1 Å². The fourth-order valence-corrected chi connectivity index (χ4v) is 4.34. The van der Waals surface area contributed by atoms with Crippen molar-refractivity contribution in [3.63, 3.8) is 0 Å². The van der Waals surface area contributed by atoms with E-state index in [4.69, 9.17) is 9.47 Å². The zero-order chi connectivity index (χ0) is 22.4. The number of nitrogens with one attached hydrogen (secondary N) is 1. The average molecular weight is 438 g/mol. The van der Waals surface area contributed by atoms with Gasteiger partial charge in [0.25, 0.3) is 5.91 Å². The smallest absolute Gasteiger partial charge is 0.341 e. The highest BCUT2D eigenvalue weighted by atomic mass is 32.1. The number of hydrogen-bond donors (Lipinski definition) is 1. The zero-order valence-electron chi connectivity index (χ0n) is 18.2. The number of anilines is 1. The number of esters is 1. The van der Waals surface area contributed by atoms with Crippen LogP contribution >= 0.6 is 11.3 Å². The molecule has 0 atom stereocenters. The summed E-state index contributed by atoms with van der Waals surface area (Å²) in [5.74, 6) is 0.224. The molecule has 1 heterocycles. The van der Waals surface area contributed by atoms with Crippen molar-refractivity contribution in [3.05, 3.63) is 70.6 Å². The van der Waals surface area contributed by atoms with E-state index in [1.165, 1.54) is 11.3 Å². The Morgan fingerprint density at radius 3 is 2.48 bits per heavy atom. The molecule has 2 aromatic carbocycles. The molecule has 6 heteroatoms. The Balaban J connectivity index is 1.81. The summed E-state index contributed by atoms with van der Waals surface area (Å²) in [6, 6.07) is 17.3. The molecule has 0 aliphatic rings. The van der Waals surface area contributed by atoms with Crippen LogP contribution in [0, 0.1) is 6.92 Å². The summed E-state index contributed by atoms with van der Waals surface area (Å²) in [6.07, 6.45) is 0. The van der Waals surface area contributed by atoms with E-state index in [0.29, 0.717) is 22.2 Å². The van der Waals surface area contributed by atoms with Crippen LogP contribution in [0.2, 0.25) is 0 Å². The number of aryl methyl sites for hydroxylation is 1. The summed E-state index contributed by atoms with van der Waals surface area (Å²) < 4.78 is 11.0. The largest absolute Gasteiger partial charge is 0.484 e. The number of amides is 1. The Morgan fingerprint density at radius 1 is 1.06 bits per heavy atom. The van der Waals surface area contributed by atoms with Gasteiger partial charge in [-0.3, -0.25) is 4.79 Å². The summed E-state index contributed by atoms with van der Waals surface area (Å²) in [7, 11) is 0. The topological polar surface area (TPSA) is 64.6 Å². The second kappa shape index (κ2) is 10.3. The van der Waals surface area contributed by atoms with E-state index >= 15 is 0 Å². The Bertz CT molecular complexity index is 1060. The molecule has 1 aromatic heterocycles. The molecule has 162 valence electrons. The van der Waals surface area contributed by atoms with Gasteiger partial charge in [-0.05, 0) is 43.0 Å². The van der Waals surface area contributed by atoms with E-state index in [-0.39, 0.29) is 19.1 Å². The minimum absolute atomic E-state index is 0.151. The van der Waals surface area contributed by atoms with Gasteiger partial charge in [0.05, 0.1) is 6.61 Å². The van der Waals surface area contributed by atoms with E-state index in [0.717, 1.165) is 21.6 Å². The highest BCUT2D eigenvalue weighted by molar-refractivity contribution is 7.17. The Hall–Kier alpha value is -3.12. The minimum atomic E-state index is -0.452. The molecule has 1 amide bonds. The quantitative estimate of drug-likeness (QED) is 0.436. The highest BCUT2D eigenvalue weighted by Gasteiger charge is 2.25. The van der Waals surface area contributed by atoms with E-state index < -0.39 is 5.97 Å². The van der Waals surface area contributed by atoms with Crippen molar-refractivity contribution in [2.45, 2.75) is 33.6 Å². The lowest BCUT2D eigenvalue weighted by Crippen LogP contribution is -2.21. The van der Waals surface area contributed by atoms with Gasteiger partial charge in [0.1, 0.15) is 16.3 Å². The van der Waals surface area contributed by atoms with Crippen LogP contribution in [0.5, 0.6) is 5.75 Å². The van der Waals surface area contributed by atoms with Crippen LogP contribution in [0.25, 0.3) is 11.1 Å². The molecule has 0 aliphatic carbocycles. The summed E-state index contributed by atoms with van der Waals surface area (Å²) in [5, 5.41) is 3.31. The van der Waals surface area contributed by atoms with Crippen LogP contribution in [0.4, 0.5) is 5.00 Å². The molecule has 0 radical (unpaired) electrons. The van der Waals surface area contributed by atoms with Gasteiger partial charge >= 0.3 is 5.97 Å². The third-order valence-corrected chi connectivity index (χ3v) is 5.79. The molecule has 0 fully saturated rings. The van der Waals surface area contributed by atoms with E-state index in [9.17, 15) is 9.59 Å². The Morgan fingerprint density at radius 2 is 1.81 bits per heavy atom. The van der Waals surface area contributed by atoms with Crippen LogP contribution in [-0.2, 0) is 9.53 Å². The molecular formula is C25H27NO4S. The first-order valence-corrected chi connectivity index (χ1v) is 11.1. The van der Waals surface area contributed by atoms with E-state index in [1.54, 1.807) is 6.92 Å². The maximum Gasteiger partial charge on any atom is 0.341 e. The summed E-state index contributed by atoms with van der Waals surface area (Å²) >= 11 is 1.36. The van der Waals surface area contributed by atoms with Crippen LogP contribution in [0.1, 0.15) is 47.5 Å². The fraction of sp³-hybridized carbons (Fsp3) is 0.280. The lowest BCUT2D eigenvalue weighted by molar-refractivity contribution is -0.118. The van der Waals surface area contributed by atoms with Crippen molar-refractivity contribution < 1.29 is 19.1 Å². The molecular weight excluding hydrogens is 410 g/mol. The maximum atomic E-state index is 12.7. The van der Waals surface area contributed by atoms with Crippen molar-refractivity contribution in [3.8, 4) is 16.9 Å². The second-order valence-electron chi connectivity index (χ2n) is 7.39. The molecule has 31 heavy (non-hydrogen) atoms. The number of thiophene rings is 1. The average Bonchev–Trinajstić information content (AvgIpc) is 3.08. The van der Waals surface area contributed by atoms with Gasteiger partial charge in [0.2, 0.25) is 0 Å². The van der Waals surface area contributed by atoms with Gasteiger partial charge in [-0.2, -0.15) is 0 Å². The Labute approximate surface area is 187 Å². The number of rotatable bonds is 8. The molecule has 3 aromatic rings. The molecule has 0 bridgehead atoms. The van der Waals surface area contributed by atoms with Gasteiger partial charge in [-0.15, -0.1) is 11.3 Å². The molecule has 0 unspecified atom stereocenters.